The van der Waals surface area contributed by atoms with Gasteiger partial charge in [0.15, 0.2) is 0 Å². The fourth-order valence-electron chi connectivity index (χ4n) is 6.67. The Morgan fingerprint density at radius 3 is 2.33 bits per heavy atom. The van der Waals surface area contributed by atoms with Gasteiger partial charge in [0.05, 0.1) is 29.8 Å². The van der Waals surface area contributed by atoms with Crippen LogP contribution in [0.1, 0.15) is 84.3 Å². The quantitative estimate of drug-likeness (QED) is 0.252. The fraction of sp³-hybridized carbons (Fsp3) is 0.389. The standard InChI is InChI=1S/C36H35F6NO5/c1-19-12-23(14-25(13-19)35(37,38)39)31-20(2)43(33(46)48-31)18-24-17-34(3,4)11-10-26(24)28-15-21(7-9-30(28)47-5)27-8-6-22(32(44)45)16-29(27)36(40,41)42/h6-9,12-16,20,31H,10-11,17-18H2,1-5H3,(H,44,45)/t20-,31-/m0/s1. The summed E-state index contributed by atoms with van der Waals surface area (Å²) in [4.78, 5) is 26.2. The number of rotatable bonds is 7. The Labute approximate surface area is 274 Å². The van der Waals surface area contributed by atoms with Crippen molar-refractivity contribution in [3.63, 3.8) is 0 Å². The van der Waals surface area contributed by atoms with Crippen molar-refractivity contribution in [3.8, 4) is 16.9 Å². The number of benzene rings is 3. The summed E-state index contributed by atoms with van der Waals surface area (Å²) in [7, 11) is 1.44. The smallest absolute Gasteiger partial charge is 0.417 e. The van der Waals surface area contributed by atoms with Crippen molar-refractivity contribution in [3.05, 3.63) is 93.6 Å². The van der Waals surface area contributed by atoms with E-state index in [0.717, 1.165) is 41.8 Å². The van der Waals surface area contributed by atoms with Crippen LogP contribution in [0.4, 0.5) is 31.1 Å². The lowest BCUT2D eigenvalue weighted by Gasteiger charge is -2.36. The zero-order valence-corrected chi connectivity index (χ0v) is 27.0. The number of methoxy groups -OCH3 is 1. The zero-order valence-electron chi connectivity index (χ0n) is 27.0. The zero-order chi connectivity index (χ0) is 35.3. The minimum absolute atomic E-state index is 0.0850. The molecule has 0 aromatic heterocycles. The summed E-state index contributed by atoms with van der Waals surface area (Å²) in [5.74, 6) is -1.08. The second-order valence-corrected chi connectivity index (χ2v) is 13.2. The van der Waals surface area contributed by atoms with Crippen LogP contribution in [-0.4, -0.2) is 41.8 Å². The van der Waals surface area contributed by atoms with Gasteiger partial charge in [0.1, 0.15) is 11.9 Å². The van der Waals surface area contributed by atoms with Crippen molar-refractivity contribution in [2.45, 2.75) is 71.5 Å². The lowest BCUT2D eigenvalue weighted by molar-refractivity contribution is -0.138. The van der Waals surface area contributed by atoms with E-state index in [2.05, 4.69) is 13.8 Å². The second-order valence-electron chi connectivity index (χ2n) is 13.2. The third-order valence-corrected chi connectivity index (χ3v) is 9.09. The van der Waals surface area contributed by atoms with E-state index in [1.165, 1.54) is 18.1 Å². The molecule has 48 heavy (non-hydrogen) atoms. The summed E-state index contributed by atoms with van der Waals surface area (Å²) in [6.45, 7) is 7.47. The van der Waals surface area contributed by atoms with Crippen LogP contribution in [0.15, 0.2) is 60.2 Å². The minimum atomic E-state index is -4.83. The molecule has 1 heterocycles. The maximum Gasteiger partial charge on any atom is 0.417 e. The number of aryl methyl sites for hydroxylation is 1. The number of carboxylic acid groups (broad SMARTS) is 1. The SMILES string of the molecule is COc1ccc(-c2ccc(C(=O)O)cc2C(F)(F)F)cc1C1=C(CN2C(=O)O[C@H](c3cc(C)cc(C(F)(F)F)c3)[C@@H]2C)CC(C)(C)CC1. The first kappa shape index (κ1) is 34.8. The molecule has 1 saturated heterocycles. The number of hydrogen-bond donors (Lipinski definition) is 1. The number of ether oxygens (including phenoxy) is 2. The number of alkyl halides is 6. The second kappa shape index (κ2) is 12.5. The van der Waals surface area contributed by atoms with Crippen molar-refractivity contribution in [2.75, 3.05) is 13.7 Å². The van der Waals surface area contributed by atoms with Crippen LogP contribution in [0.3, 0.4) is 0 Å². The normalized spacial score (nSPS) is 19.8. The third-order valence-electron chi connectivity index (χ3n) is 9.09. The van der Waals surface area contributed by atoms with Gasteiger partial charge in [0.25, 0.3) is 0 Å². The summed E-state index contributed by atoms with van der Waals surface area (Å²) < 4.78 is 94.5. The third kappa shape index (κ3) is 7.02. The number of halogens is 6. The number of allylic oxidation sites excluding steroid dienone is 1. The Balaban J connectivity index is 1.58. The molecule has 1 N–H and O–H groups in total. The highest BCUT2D eigenvalue weighted by Gasteiger charge is 2.43. The van der Waals surface area contributed by atoms with Crippen molar-refractivity contribution in [1.82, 2.24) is 4.90 Å². The maximum atomic E-state index is 14.2. The molecule has 3 aromatic carbocycles. The molecule has 6 nitrogen and oxygen atoms in total. The van der Waals surface area contributed by atoms with Crippen LogP contribution in [0.25, 0.3) is 16.7 Å². The highest BCUT2D eigenvalue weighted by molar-refractivity contribution is 5.89. The Kier molecular flexibility index (Phi) is 9.09. The van der Waals surface area contributed by atoms with Gasteiger partial charge in [-0.25, -0.2) is 9.59 Å². The molecule has 1 fully saturated rings. The van der Waals surface area contributed by atoms with Gasteiger partial charge in [0.2, 0.25) is 0 Å². The summed E-state index contributed by atoms with van der Waals surface area (Å²) in [5, 5.41) is 9.31. The molecule has 12 heteroatoms. The molecule has 0 bridgehead atoms. The van der Waals surface area contributed by atoms with Crippen LogP contribution < -0.4 is 4.74 Å². The first-order valence-corrected chi connectivity index (χ1v) is 15.3. The number of carboxylic acids is 1. The van der Waals surface area contributed by atoms with E-state index in [0.29, 0.717) is 35.8 Å². The molecular weight excluding hydrogens is 640 g/mol. The van der Waals surface area contributed by atoms with Crippen molar-refractivity contribution in [2.24, 2.45) is 5.41 Å². The highest BCUT2D eigenvalue weighted by Crippen LogP contribution is 2.47. The van der Waals surface area contributed by atoms with Crippen LogP contribution in [-0.2, 0) is 17.1 Å². The molecule has 1 aliphatic carbocycles. The number of hydrogen-bond acceptors (Lipinski definition) is 4. The van der Waals surface area contributed by atoms with E-state index < -0.39 is 53.3 Å². The number of carbonyl (C=O) groups is 2. The van der Waals surface area contributed by atoms with Crippen LogP contribution in [0.2, 0.25) is 0 Å². The number of aromatic carboxylic acids is 1. The van der Waals surface area contributed by atoms with E-state index >= 15 is 0 Å². The molecule has 2 atom stereocenters. The lowest BCUT2D eigenvalue weighted by Crippen LogP contribution is -2.35. The molecule has 2 aliphatic rings. The average Bonchev–Trinajstić information content (AvgIpc) is 3.27. The van der Waals surface area contributed by atoms with Crippen LogP contribution >= 0.6 is 0 Å². The Hall–Kier alpha value is -4.48. The predicted octanol–water partition coefficient (Wildman–Crippen LogP) is 9.95. The van der Waals surface area contributed by atoms with Gasteiger partial charge in [-0.15, -0.1) is 0 Å². The minimum Gasteiger partial charge on any atom is -0.496 e. The molecule has 1 aliphatic heterocycles. The summed E-state index contributed by atoms with van der Waals surface area (Å²) in [6, 6.07) is 10.4. The maximum absolute atomic E-state index is 14.2. The van der Waals surface area contributed by atoms with E-state index in [1.54, 1.807) is 32.0 Å². The van der Waals surface area contributed by atoms with Gasteiger partial charge in [-0.1, -0.05) is 37.6 Å². The van der Waals surface area contributed by atoms with Crippen LogP contribution in [0, 0.1) is 12.3 Å². The molecule has 0 spiro atoms. The van der Waals surface area contributed by atoms with Crippen molar-refractivity contribution in [1.29, 1.82) is 0 Å². The molecule has 0 unspecified atom stereocenters. The Morgan fingerprint density at radius 1 is 1.00 bits per heavy atom. The number of cyclic esters (lactones) is 1. The predicted molar refractivity (Wildman–Crippen MR) is 167 cm³/mol. The number of nitrogens with zero attached hydrogens (tertiary/aromatic N) is 1. The lowest BCUT2D eigenvalue weighted by atomic mass is 9.72. The topological polar surface area (TPSA) is 76.1 Å². The van der Waals surface area contributed by atoms with Gasteiger partial charge in [-0.2, -0.15) is 26.3 Å². The number of carbonyl (C=O) groups excluding carboxylic acids is 1. The molecule has 0 radical (unpaired) electrons. The van der Waals surface area contributed by atoms with Crippen molar-refractivity contribution < 1.29 is 50.5 Å². The van der Waals surface area contributed by atoms with E-state index in [-0.39, 0.29) is 28.7 Å². The summed E-state index contributed by atoms with van der Waals surface area (Å²) in [6.07, 6.45) is -9.28. The molecule has 256 valence electrons. The summed E-state index contributed by atoms with van der Waals surface area (Å²) >= 11 is 0. The molecular formula is C36H35F6NO5. The van der Waals surface area contributed by atoms with Gasteiger partial charge in [0, 0.05) is 12.1 Å². The fourth-order valence-corrected chi connectivity index (χ4v) is 6.67. The van der Waals surface area contributed by atoms with E-state index in [1.807, 2.05) is 0 Å². The summed E-state index contributed by atoms with van der Waals surface area (Å²) in [5.41, 5.74) is 0.109. The van der Waals surface area contributed by atoms with Gasteiger partial charge in [-0.05, 0) is 103 Å². The molecule has 3 aromatic rings. The monoisotopic (exact) mass is 675 g/mol. The van der Waals surface area contributed by atoms with Crippen LogP contribution in [0.5, 0.6) is 5.75 Å². The highest BCUT2D eigenvalue weighted by atomic mass is 19.4. The number of amides is 1. The largest absolute Gasteiger partial charge is 0.496 e. The van der Waals surface area contributed by atoms with Gasteiger partial charge < -0.3 is 14.6 Å². The first-order chi connectivity index (χ1) is 22.3. The Bertz CT molecular complexity index is 1790. The molecule has 1 amide bonds. The van der Waals surface area contributed by atoms with Gasteiger partial charge >= 0.3 is 24.4 Å². The first-order valence-electron chi connectivity index (χ1n) is 15.3. The van der Waals surface area contributed by atoms with Gasteiger partial charge in [-0.3, -0.25) is 4.90 Å². The van der Waals surface area contributed by atoms with E-state index in [4.69, 9.17) is 9.47 Å². The average molecular weight is 676 g/mol. The molecule has 5 rings (SSSR count). The Morgan fingerprint density at radius 2 is 1.71 bits per heavy atom. The molecule has 0 saturated carbocycles. The van der Waals surface area contributed by atoms with E-state index in [9.17, 15) is 41.0 Å². The van der Waals surface area contributed by atoms with Crippen molar-refractivity contribution >= 4 is 17.6 Å².